The molecule has 0 aliphatic carbocycles. The molecule has 0 spiro atoms. The molecule has 0 radical (unpaired) electrons. The van der Waals surface area contributed by atoms with Crippen LogP contribution < -0.4 is 5.73 Å². The number of phosphoric ester groups is 1. The highest BCUT2D eigenvalue weighted by molar-refractivity contribution is 7.47. The number of ether oxygens (including phenoxy) is 2. The van der Waals surface area contributed by atoms with Crippen molar-refractivity contribution in [2.45, 2.75) is 290 Å². The zero-order valence-electron chi connectivity index (χ0n) is 45.1. The number of carbonyl (C=O) groups excluding carboxylic acids is 2. The van der Waals surface area contributed by atoms with E-state index in [9.17, 15) is 19.0 Å². The van der Waals surface area contributed by atoms with Crippen LogP contribution >= 0.6 is 7.82 Å². The van der Waals surface area contributed by atoms with Crippen molar-refractivity contribution >= 4 is 19.8 Å². The Morgan fingerprint density at radius 1 is 0.449 bits per heavy atom. The van der Waals surface area contributed by atoms with Gasteiger partial charge in [0.05, 0.1) is 13.2 Å². The van der Waals surface area contributed by atoms with Gasteiger partial charge in [-0.3, -0.25) is 18.6 Å². The summed E-state index contributed by atoms with van der Waals surface area (Å²) in [5.74, 6) is -0.818. The van der Waals surface area contributed by atoms with Gasteiger partial charge in [-0.15, -0.1) is 0 Å². The molecule has 404 valence electrons. The average molecular weight is 993 g/mol. The summed E-state index contributed by atoms with van der Waals surface area (Å²) in [6, 6.07) is 0. The molecule has 0 saturated heterocycles. The van der Waals surface area contributed by atoms with Gasteiger partial charge in [-0.25, -0.2) is 4.57 Å². The van der Waals surface area contributed by atoms with E-state index in [0.717, 1.165) is 57.8 Å². The largest absolute Gasteiger partial charge is 0.472 e. The fourth-order valence-corrected chi connectivity index (χ4v) is 9.22. The fraction of sp³-hybridized carbons (Fsp3) is 0.831. The normalized spacial score (nSPS) is 13.4. The van der Waals surface area contributed by atoms with E-state index >= 15 is 0 Å². The molecule has 3 N–H and O–H groups in total. The van der Waals surface area contributed by atoms with E-state index in [1.54, 1.807) is 0 Å². The molecule has 0 aliphatic rings. The van der Waals surface area contributed by atoms with E-state index in [4.69, 9.17) is 24.3 Å². The maximum absolute atomic E-state index is 12.6. The van der Waals surface area contributed by atoms with Crippen LogP contribution in [0.5, 0.6) is 0 Å². The minimum Gasteiger partial charge on any atom is -0.462 e. The molecular weight excluding hydrogens is 882 g/mol. The van der Waals surface area contributed by atoms with Crippen molar-refractivity contribution in [2.24, 2.45) is 5.73 Å². The molecule has 0 amide bonds. The first-order chi connectivity index (χ1) is 33.8. The van der Waals surface area contributed by atoms with Crippen LogP contribution in [0, 0.1) is 0 Å². The van der Waals surface area contributed by atoms with E-state index in [0.29, 0.717) is 6.42 Å². The number of allylic oxidation sites excluding steroid dienone is 8. The molecule has 0 bridgehead atoms. The standard InChI is InChI=1S/C59H110NO8P/c1-3-5-7-9-11-13-14-15-16-17-18-19-20-21-22-23-24-25-26-27-28-29-30-31-32-33-34-35-36-37-38-39-40-41-42-44-46-48-50-52-59(62)68-57(56-67-69(63,64)66-54-53-60)55-65-58(61)51-49-47-45-43-12-10-8-6-4-2/h5,7,11,13,15-16,18-19,57H,3-4,6,8-10,12,14,17,20-56,60H2,1-2H3,(H,63,64)/b7-5-,13-11-,16-15-,19-18-. The van der Waals surface area contributed by atoms with Crippen LogP contribution in [0.4, 0.5) is 0 Å². The van der Waals surface area contributed by atoms with E-state index < -0.39 is 26.5 Å². The second kappa shape index (κ2) is 55.3. The number of esters is 2. The van der Waals surface area contributed by atoms with Crippen molar-refractivity contribution in [3.63, 3.8) is 0 Å². The fourth-order valence-electron chi connectivity index (χ4n) is 8.45. The van der Waals surface area contributed by atoms with Gasteiger partial charge in [0.1, 0.15) is 6.61 Å². The second-order valence-electron chi connectivity index (χ2n) is 19.5. The van der Waals surface area contributed by atoms with Crippen molar-refractivity contribution in [1.29, 1.82) is 0 Å². The molecular formula is C59H110NO8P. The Morgan fingerprint density at radius 3 is 1.19 bits per heavy atom. The minimum absolute atomic E-state index is 0.0559. The number of rotatable bonds is 55. The minimum atomic E-state index is -4.37. The monoisotopic (exact) mass is 992 g/mol. The van der Waals surface area contributed by atoms with Crippen LogP contribution in [0.1, 0.15) is 284 Å². The lowest BCUT2D eigenvalue weighted by Crippen LogP contribution is -2.29. The molecule has 0 fully saturated rings. The summed E-state index contributed by atoms with van der Waals surface area (Å²) < 4.78 is 32.9. The maximum Gasteiger partial charge on any atom is 0.472 e. The quantitative estimate of drug-likeness (QED) is 0.0264. The highest BCUT2D eigenvalue weighted by Gasteiger charge is 2.26. The molecule has 0 aliphatic heterocycles. The van der Waals surface area contributed by atoms with Gasteiger partial charge in [0.25, 0.3) is 0 Å². The highest BCUT2D eigenvalue weighted by Crippen LogP contribution is 2.43. The third-order valence-electron chi connectivity index (χ3n) is 12.7. The van der Waals surface area contributed by atoms with Gasteiger partial charge in [-0.1, -0.05) is 268 Å². The Balaban J connectivity index is 3.68. The predicted molar refractivity (Wildman–Crippen MR) is 293 cm³/mol. The van der Waals surface area contributed by atoms with Crippen LogP contribution in [-0.4, -0.2) is 49.3 Å². The molecule has 10 heteroatoms. The van der Waals surface area contributed by atoms with Crippen molar-refractivity contribution in [1.82, 2.24) is 0 Å². The van der Waals surface area contributed by atoms with Gasteiger partial charge in [0.2, 0.25) is 0 Å². The van der Waals surface area contributed by atoms with Gasteiger partial charge in [-0.05, 0) is 51.4 Å². The Kier molecular flexibility index (Phi) is 53.7. The lowest BCUT2D eigenvalue weighted by molar-refractivity contribution is -0.161. The van der Waals surface area contributed by atoms with E-state index in [2.05, 4.69) is 62.5 Å². The number of hydrogen-bond acceptors (Lipinski definition) is 8. The summed E-state index contributed by atoms with van der Waals surface area (Å²) in [7, 11) is -4.37. The summed E-state index contributed by atoms with van der Waals surface area (Å²) in [4.78, 5) is 34.9. The number of unbranched alkanes of at least 4 members (excludes halogenated alkanes) is 34. The molecule has 9 nitrogen and oxygen atoms in total. The van der Waals surface area contributed by atoms with Gasteiger partial charge >= 0.3 is 19.8 Å². The van der Waals surface area contributed by atoms with Gasteiger partial charge in [-0.2, -0.15) is 0 Å². The second-order valence-corrected chi connectivity index (χ2v) is 20.9. The maximum atomic E-state index is 12.6. The van der Waals surface area contributed by atoms with E-state index in [1.165, 1.54) is 193 Å². The number of phosphoric acid groups is 1. The third kappa shape index (κ3) is 55.1. The number of nitrogens with two attached hydrogens (primary N) is 1. The summed E-state index contributed by atoms with van der Waals surface area (Å²) in [6.07, 6.45) is 67.9. The zero-order chi connectivity index (χ0) is 50.2. The van der Waals surface area contributed by atoms with Gasteiger partial charge in [0, 0.05) is 19.4 Å². The van der Waals surface area contributed by atoms with Crippen LogP contribution in [0.3, 0.4) is 0 Å². The molecule has 0 heterocycles. The van der Waals surface area contributed by atoms with Gasteiger partial charge in [0.15, 0.2) is 6.10 Å². The third-order valence-corrected chi connectivity index (χ3v) is 13.7. The highest BCUT2D eigenvalue weighted by atomic mass is 31.2. The van der Waals surface area contributed by atoms with Crippen LogP contribution in [0.2, 0.25) is 0 Å². The summed E-state index contributed by atoms with van der Waals surface area (Å²) in [6.45, 7) is 3.63. The number of carbonyl (C=O) groups is 2. The molecule has 0 aromatic rings. The molecule has 2 atom stereocenters. The predicted octanol–water partition coefficient (Wildman–Crippen LogP) is 18.2. The summed E-state index contributed by atoms with van der Waals surface area (Å²) in [5.41, 5.74) is 5.36. The first-order valence-electron chi connectivity index (χ1n) is 29.1. The molecule has 0 saturated carbocycles. The lowest BCUT2D eigenvalue weighted by atomic mass is 10.0. The summed E-state index contributed by atoms with van der Waals surface area (Å²) >= 11 is 0. The van der Waals surface area contributed by atoms with Crippen LogP contribution in [-0.2, 0) is 32.7 Å². The zero-order valence-corrected chi connectivity index (χ0v) is 45.9. The first-order valence-corrected chi connectivity index (χ1v) is 30.6. The Hall–Kier alpha value is -2.03. The van der Waals surface area contributed by atoms with Crippen molar-refractivity contribution in [2.75, 3.05) is 26.4 Å². The van der Waals surface area contributed by atoms with Crippen LogP contribution in [0.15, 0.2) is 48.6 Å². The van der Waals surface area contributed by atoms with Crippen molar-refractivity contribution < 1.29 is 37.6 Å². The SMILES string of the molecule is CC/C=C\C/C=C\C/C=C\C/C=C\CCCCCCCCCCCCCCCCCCCCCCCCCCCCC(=O)OC(COC(=O)CCCCCCCCCCC)COP(=O)(O)OCCN. The Labute approximate surface area is 426 Å². The van der Waals surface area contributed by atoms with Crippen molar-refractivity contribution in [3.05, 3.63) is 48.6 Å². The average Bonchev–Trinajstić information content (AvgIpc) is 3.34. The van der Waals surface area contributed by atoms with Crippen molar-refractivity contribution in [3.8, 4) is 0 Å². The number of hydrogen-bond donors (Lipinski definition) is 2. The first kappa shape index (κ1) is 67.0. The van der Waals surface area contributed by atoms with E-state index in [1.807, 2.05) is 0 Å². The van der Waals surface area contributed by atoms with E-state index in [-0.39, 0.29) is 38.6 Å². The smallest absolute Gasteiger partial charge is 0.462 e. The Morgan fingerprint density at radius 2 is 0.797 bits per heavy atom. The molecule has 0 aromatic heterocycles. The van der Waals surface area contributed by atoms with Gasteiger partial charge < -0.3 is 20.1 Å². The van der Waals surface area contributed by atoms with Crippen LogP contribution in [0.25, 0.3) is 0 Å². The molecule has 0 rings (SSSR count). The molecule has 2 unspecified atom stereocenters. The Bertz CT molecular complexity index is 1270. The summed E-state index contributed by atoms with van der Waals surface area (Å²) in [5, 5.41) is 0. The lowest BCUT2D eigenvalue weighted by Gasteiger charge is -2.19. The molecule has 0 aromatic carbocycles. The molecule has 69 heavy (non-hydrogen) atoms. The topological polar surface area (TPSA) is 134 Å².